The van der Waals surface area contributed by atoms with Gasteiger partial charge in [0.15, 0.2) is 11.5 Å². The van der Waals surface area contributed by atoms with Gasteiger partial charge in [0, 0.05) is 34.6 Å². The topological polar surface area (TPSA) is 111 Å². The number of nitrogens with zero attached hydrogens (tertiary/aromatic N) is 2. The molecule has 0 aliphatic carbocycles. The third-order valence-electron chi connectivity index (χ3n) is 4.74. The van der Waals surface area contributed by atoms with E-state index in [1.54, 1.807) is 32.5 Å². The van der Waals surface area contributed by atoms with E-state index in [9.17, 15) is 4.79 Å². The first-order valence-corrected chi connectivity index (χ1v) is 9.59. The predicted octanol–water partition coefficient (Wildman–Crippen LogP) is 3.13. The average Bonchev–Trinajstić information content (AvgIpc) is 2.92. The first-order valence-electron chi connectivity index (χ1n) is 9.59. The lowest BCUT2D eigenvalue weighted by Gasteiger charge is -2.12. The van der Waals surface area contributed by atoms with Gasteiger partial charge >= 0.3 is 0 Å². The highest BCUT2D eigenvalue weighted by Gasteiger charge is 2.21. The van der Waals surface area contributed by atoms with Crippen LogP contribution < -0.4 is 25.8 Å². The molecule has 1 aliphatic heterocycles. The second-order valence-corrected chi connectivity index (χ2v) is 6.75. The predicted molar refractivity (Wildman–Crippen MR) is 126 cm³/mol. The van der Waals surface area contributed by atoms with Gasteiger partial charge in [0.1, 0.15) is 0 Å². The molecule has 0 saturated carbocycles. The van der Waals surface area contributed by atoms with Crippen LogP contribution in [0.3, 0.4) is 0 Å². The van der Waals surface area contributed by atoms with Gasteiger partial charge in [-0.1, -0.05) is 11.8 Å². The largest absolute Gasteiger partial charge is 0.493 e. The Labute approximate surface area is 192 Å². The third-order valence-corrected chi connectivity index (χ3v) is 4.74. The average molecular weight is 452 g/mol. The molecule has 1 aromatic heterocycles. The zero-order valence-electron chi connectivity index (χ0n) is 17.6. The second kappa shape index (κ2) is 10.0. The summed E-state index contributed by atoms with van der Waals surface area (Å²) in [6.45, 7) is 0.269. The summed E-state index contributed by atoms with van der Waals surface area (Å²) in [6, 6.07) is 11.0. The van der Waals surface area contributed by atoms with Gasteiger partial charge in [0.05, 0.1) is 38.6 Å². The highest BCUT2D eigenvalue weighted by molar-refractivity contribution is 6.00. The van der Waals surface area contributed by atoms with E-state index in [0.717, 1.165) is 22.4 Å². The molecule has 3 aromatic rings. The van der Waals surface area contributed by atoms with Crippen LogP contribution in [-0.2, 0) is 11.2 Å². The fourth-order valence-corrected chi connectivity index (χ4v) is 3.33. The summed E-state index contributed by atoms with van der Waals surface area (Å²) in [7, 11) is 3.16. The lowest BCUT2D eigenvalue weighted by atomic mass is 10.0. The van der Waals surface area contributed by atoms with Crippen LogP contribution in [0, 0.1) is 11.8 Å². The fourth-order valence-electron chi connectivity index (χ4n) is 3.33. The van der Waals surface area contributed by atoms with E-state index in [1.807, 2.05) is 24.3 Å². The Morgan fingerprint density at radius 1 is 1.16 bits per heavy atom. The minimum absolute atomic E-state index is 0. The second-order valence-electron chi connectivity index (χ2n) is 6.75. The highest BCUT2D eigenvalue weighted by Crippen LogP contribution is 2.35. The number of hydrogen-bond acceptors (Lipinski definition) is 7. The molecule has 0 saturated heterocycles. The van der Waals surface area contributed by atoms with E-state index in [1.165, 1.54) is 0 Å². The van der Waals surface area contributed by atoms with Crippen LogP contribution in [0.2, 0.25) is 0 Å². The molecule has 0 unspecified atom stereocenters. The molecular formula is C23H22ClN5O3. The van der Waals surface area contributed by atoms with Gasteiger partial charge in [-0.05, 0) is 30.3 Å². The Kier molecular flexibility index (Phi) is 7.15. The maximum Gasteiger partial charge on any atom is 0.228 e. The van der Waals surface area contributed by atoms with Gasteiger partial charge in [0.2, 0.25) is 11.9 Å². The van der Waals surface area contributed by atoms with Gasteiger partial charge in [-0.3, -0.25) is 4.79 Å². The van der Waals surface area contributed by atoms with Crippen molar-refractivity contribution in [3.63, 3.8) is 0 Å². The number of benzene rings is 2. The molecule has 0 radical (unpaired) electrons. The number of anilines is 3. The van der Waals surface area contributed by atoms with Crippen molar-refractivity contribution in [3.8, 4) is 34.6 Å². The van der Waals surface area contributed by atoms with Gasteiger partial charge in [-0.25, -0.2) is 9.97 Å². The van der Waals surface area contributed by atoms with E-state index in [0.29, 0.717) is 28.8 Å². The quantitative estimate of drug-likeness (QED) is 0.522. The number of nitrogens with two attached hydrogens (primary N) is 1. The molecule has 0 bridgehead atoms. The zero-order valence-corrected chi connectivity index (χ0v) is 18.4. The lowest BCUT2D eigenvalue weighted by Crippen LogP contribution is -2.13. The third kappa shape index (κ3) is 4.75. The number of aromatic nitrogens is 2. The summed E-state index contributed by atoms with van der Waals surface area (Å²) >= 11 is 0. The Balaban J connectivity index is 0.00000289. The lowest BCUT2D eigenvalue weighted by molar-refractivity contribution is -0.115. The zero-order chi connectivity index (χ0) is 21.8. The van der Waals surface area contributed by atoms with Gasteiger partial charge in [-0.2, -0.15) is 0 Å². The van der Waals surface area contributed by atoms with Crippen molar-refractivity contribution in [2.45, 2.75) is 6.42 Å². The first-order chi connectivity index (χ1) is 15.1. The number of fused-ring (bicyclic) bond motifs is 3. The van der Waals surface area contributed by atoms with Crippen molar-refractivity contribution in [2.24, 2.45) is 5.73 Å². The number of hydrogen-bond donors (Lipinski definition) is 3. The molecule has 32 heavy (non-hydrogen) atoms. The monoisotopic (exact) mass is 451 g/mol. The minimum atomic E-state index is -0.131. The molecular weight excluding hydrogens is 430 g/mol. The first kappa shape index (κ1) is 22.9. The number of carbonyl (C=O) groups excluding carboxylic acids is 1. The summed E-state index contributed by atoms with van der Waals surface area (Å²) in [4.78, 5) is 21.5. The molecule has 2 heterocycles. The van der Waals surface area contributed by atoms with Crippen LogP contribution in [0.4, 0.5) is 17.3 Å². The Morgan fingerprint density at radius 3 is 2.72 bits per heavy atom. The van der Waals surface area contributed by atoms with Crippen molar-refractivity contribution in [1.29, 1.82) is 0 Å². The Morgan fingerprint density at radius 2 is 1.97 bits per heavy atom. The smallest absolute Gasteiger partial charge is 0.228 e. The van der Waals surface area contributed by atoms with Crippen LogP contribution in [0.25, 0.3) is 11.3 Å². The maximum atomic E-state index is 12.4. The van der Waals surface area contributed by atoms with Gasteiger partial charge in [-0.15, -0.1) is 12.4 Å². The molecule has 9 heteroatoms. The van der Waals surface area contributed by atoms with Crippen LogP contribution in [0.15, 0.2) is 42.6 Å². The number of rotatable bonds is 4. The van der Waals surface area contributed by atoms with E-state index in [4.69, 9.17) is 20.2 Å². The van der Waals surface area contributed by atoms with E-state index < -0.39 is 0 Å². The summed E-state index contributed by atoms with van der Waals surface area (Å²) in [5, 5.41) is 6.11. The van der Waals surface area contributed by atoms with Crippen molar-refractivity contribution in [3.05, 3.63) is 53.7 Å². The molecule has 8 nitrogen and oxygen atoms in total. The van der Waals surface area contributed by atoms with Crippen molar-refractivity contribution in [2.75, 3.05) is 31.4 Å². The number of carbonyl (C=O) groups is 1. The van der Waals surface area contributed by atoms with E-state index >= 15 is 0 Å². The molecule has 4 rings (SSSR count). The minimum Gasteiger partial charge on any atom is -0.493 e. The van der Waals surface area contributed by atoms with Gasteiger partial charge in [0.25, 0.3) is 0 Å². The number of ether oxygens (including phenoxy) is 2. The molecule has 4 N–H and O–H groups in total. The number of amides is 1. The SMILES string of the molecule is COc1ccc(Nc2ncc3c(n2)-c2ccc(C#CCN)cc2NC(=O)C3)cc1OC.Cl. The fraction of sp³-hybridized carbons (Fsp3) is 0.174. The van der Waals surface area contributed by atoms with Crippen LogP contribution in [0.5, 0.6) is 11.5 Å². The maximum absolute atomic E-state index is 12.4. The summed E-state index contributed by atoms with van der Waals surface area (Å²) in [5.41, 5.74) is 9.86. The van der Waals surface area contributed by atoms with Gasteiger partial charge < -0.3 is 25.8 Å². The van der Waals surface area contributed by atoms with Crippen molar-refractivity contribution in [1.82, 2.24) is 9.97 Å². The van der Waals surface area contributed by atoms with E-state index in [-0.39, 0.29) is 31.3 Å². The molecule has 164 valence electrons. The summed E-state index contributed by atoms with van der Waals surface area (Å²) in [6.07, 6.45) is 1.85. The molecule has 1 amide bonds. The van der Waals surface area contributed by atoms with Crippen LogP contribution in [-0.4, -0.2) is 36.6 Å². The van der Waals surface area contributed by atoms with Crippen LogP contribution in [0.1, 0.15) is 11.1 Å². The molecule has 2 aromatic carbocycles. The van der Waals surface area contributed by atoms with Crippen molar-refractivity contribution >= 4 is 35.6 Å². The van der Waals surface area contributed by atoms with Crippen molar-refractivity contribution < 1.29 is 14.3 Å². The summed E-state index contributed by atoms with van der Waals surface area (Å²) < 4.78 is 10.6. The Bertz CT molecular complexity index is 1220. The highest BCUT2D eigenvalue weighted by atomic mass is 35.5. The summed E-state index contributed by atoms with van der Waals surface area (Å²) in [5.74, 6) is 7.29. The molecule has 0 fully saturated rings. The molecule has 1 aliphatic rings. The molecule has 0 spiro atoms. The number of halogens is 1. The normalized spacial score (nSPS) is 11.4. The number of nitrogens with one attached hydrogen (secondary N) is 2. The number of methoxy groups -OCH3 is 2. The Hall–Kier alpha value is -3.80. The molecule has 0 atom stereocenters. The van der Waals surface area contributed by atoms with Crippen LogP contribution >= 0.6 is 12.4 Å². The standard InChI is InChI=1S/C23H21N5O3.ClH/c1-30-19-8-6-16(12-20(19)31-2)26-23-25-13-15-11-21(29)27-18-10-14(4-3-9-24)5-7-17(18)22(15)28-23;/h5-8,10,12-13H,9,11,24H2,1-2H3,(H,27,29)(H,25,26,28);1H. The van der Waals surface area contributed by atoms with E-state index in [2.05, 4.69) is 27.5 Å².